The molecule has 196 valence electrons. The van der Waals surface area contributed by atoms with Crippen molar-refractivity contribution in [3.63, 3.8) is 0 Å². The Morgan fingerprint density at radius 3 is 2.46 bits per heavy atom. The molecule has 0 N–H and O–H groups in total. The molecule has 0 radical (unpaired) electrons. The van der Waals surface area contributed by atoms with Crippen molar-refractivity contribution < 1.29 is 19.1 Å². The fourth-order valence-electron chi connectivity index (χ4n) is 5.36. The van der Waals surface area contributed by atoms with Gasteiger partial charge in [0.05, 0.1) is 29.9 Å². The number of nitrogens with zero attached hydrogens (tertiary/aromatic N) is 5. The minimum atomic E-state index is -0.561. The summed E-state index contributed by atoms with van der Waals surface area (Å²) in [6.07, 6.45) is 6.94. The number of likely N-dealkylation sites (tertiary alicyclic amines) is 1. The number of benzene rings is 2. The van der Waals surface area contributed by atoms with Gasteiger partial charge in [0.25, 0.3) is 0 Å². The number of carbonyl (C=O) groups excluding carboxylic acids is 3. The lowest BCUT2D eigenvalue weighted by atomic mass is 9.98. The van der Waals surface area contributed by atoms with Gasteiger partial charge in [-0.3, -0.25) is 14.3 Å². The molecule has 9 heteroatoms. The van der Waals surface area contributed by atoms with Crippen LogP contribution in [-0.4, -0.2) is 62.0 Å². The number of aryl methyl sites for hydroxylation is 1. The number of esters is 1. The normalized spacial score (nSPS) is 13.3. The van der Waals surface area contributed by atoms with Gasteiger partial charge in [-0.05, 0) is 43.5 Å². The molecular weight excluding hydrogens is 494 g/mol. The quantitative estimate of drug-likeness (QED) is 0.243. The molecule has 1 fully saturated rings. The maximum absolute atomic E-state index is 13.8. The second-order valence-corrected chi connectivity index (χ2v) is 9.72. The van der Waals surface area contributed by atoms with Gasteiger partial charge < -0.3 is 14.2 Å². The zero-order chi connectivity index (χ0) is 27.1. The van der Waals surface area contributed by atoms with E-state index in [2.05, 4.69) is 14.5 Å². The molecular formula is C30H27N5O4. The van der Waals surface area contributed by atoms with E-state index in [4.69, 9.17) is 4.74 Å². The number of imidazole rings is 1. The van der Waals surface area contributed by atoms with Crippen molar-refractivity contribution in [1.29, 1.82) is 0 Å². The van der Waals surface area contributed by atoms with Gasteiger partial charge in [0, 0.05) is 48.5 Å². The highest BCUT2D eigenvalue weighted by Gasteiger charge is 2.27. The predicted octanol–water partition coefficient (Wildman–Crippen LogP) is 4.82. The van der Waals surface area contributed by atoms with Crippen molar-refractivity contribution in [3.8, 4) is 0 Å². The van der Waals surface area contributed by atoms with E-state index in [-0.39, 0.29) is 22.9 Å². The van der Waals surface area contributed by atoms with E-state index < -0.39 is 5.97 Å². The van der Waals surface area contributed by atoms with Crippen LogP contribution in [0.4, 0.5) is 4.79 Å². The zero-order valence-electron chi connectivity index (χ0n) is 21.8. The molecule has 1 aliphatic rings. The molecule has 1 aliphatic heterocycles. The summed E-state index contributed by atoms with van der Waals surface area (Å²) in [5.41, 5.74) is 4.34. The van der Waals surface area contributed by atoms with Crippen LogP contribution in [-0.2, 0) is 11.3 Å². The molecule has 0 aliphatic carbocycles. The van der Waals surface area contributed by atoms with Crippen LogP contribution in [0, 0.1) is 6.92 Å². The molecule has 9 nitrogen and oxygen atoms in total. The molecule has 0 spiro atoms. The molecule has 0 saturated carbocycles. The number of methoxy groups -OCH3 is 1. The first-order chi connectivity index (χ1) is 19.0. The van der Waals surface area contributed by atoms with E-state index in [0.717, 1.165) is 35.3 Å². The van der Waals surface area contributed by atoms with E-state index in [1.807, 2.05) is 25.1 Å². The molecule has 39 heavy (non-hydrogen) atoms. The van der Waals surface area contributed by atoms with Crippen LogP contribution < -0.4 is 0 Å². The molecule has 0 atom stereocenters. The number of carbonyl (C=O) groups is 3. The van der Waals surface area contributed by atoms with Gasteiger partial charge in [-0.1, -0.05) is 30.3 Å². The van der Waals surface area contributed by atoms with Gasteiger partial charge >= 0.3 is 12.0 Å². The minimum absolute atomic E-state index is 0.202. The van der Waals surface area contributed by atoms with Gasteiger partial charge in [-0.2, -0.15) is 0 Å². The summed E-state index contributed by atoms with van der Waals surface area (Å²) in [5, 5.41) is 0.417. The highest BCUT2D eigenvalue weighted by Crippen LogP contribution is 2.29. The van der Waals surface area contributed by atoms with Crippen LogP contribution in [0.15, 0.2) is 67.1 Å². The van der Waals surface area contributed by atoms with Crippen LogP contribution in [0.3, 0.4) is 0 Å². The lowest BCUT2D eigenvalue weighted by molar-refractivity contribution is 0.0603. The molecule has 6 rings (SSSR count). The smallest absolute Gasteiger partial charge is 0.338 e. The van der Waals surface area contributed by atoms with Gasteiger partial charge in [-0.25, -0.2) is 14.6 Å². The maximum Gasteiger partial charge on any atom is 0.338 e. The van der Waals surface area contributed by atoms with Crippen LogP contribution >= 0.6 is 0 Å². The number of aromatic nitrogens is 4. The zero-order valence-corrected chi connectivity index (χ0v) is 21.8. The lowest BCUT2D eigenvalue weighted by Crippen LogP contribution is -2.31. The highest BCUT2D eigenvalue weighted by atomic mass is 16.5. The Labute approximate surface area is 224 Å². The van der Waals surface area contributed by atoms with E-state index in [0.29, 0.717) is 36.1 Å². The number of fused-ring (bicyclic) bond motifs is 2. The Balaban J connectivity index is 1.37. The number of hydrogen-bond donors (Lipinski definition) is 0. The number of amides is 1. The molecule has 0 unspecified atom stereocenters. The Bertz CT molecular complexity index is 1740. The SMILES string of the molecule is COC(=O)c1cccc2c1c(C(=O)c1ccc(Cn3c(C)nc4cnccc43)cc1)cn2C(=O)N1CCCC1. The van der Waals surface area contributed by atoms with Crippen LogP contribution in [0.5, 0.6) is 0 Å². The first kappa shape index (κ1) is 24.5. The number of pyridine rings is 1. The van der Waals surface area contributed by atoms with Crippen molar-refractivity contribution in [1.82, 2.24) is 24.0 Å². The summed E-state index contributed by atoms with van der Waals surface area (Å²) in [5.74, 6) is 0.0460. The Morgan fingerprint density at radius 1 is 0.949 bits per heavy atom. The predicted molar refractivity (Wildman–Crippen MR) is 146 cm³/mol. The summed E-state index contributed by atoms with van der Waals surface area (Å²) in [7, 11) is 1.30. The second kappa shape index (κ2) is 9.83. The van der Waals surface area contributed by atoms with Crippen molar-refractivity contribution in [2.45, 2.75) is 26.3 Å². The minimum Gasteiger partial charge on any atom is -0.465 e. The van der Waals surface area contributed by atoms with Gasteiger partial charge in [0.2, 0.25) is 0 Å². The number of ether oxygens (including phenoxy) is 1. The van der Waals surface area contributed by atoms with Crippen LogP contribution in [0.25, 0.3) is 21.9 Å². The summed E-state index contributed by atoms with van der Waals surface area (Å²) in [4.78, 5) is 50.3. The summed E-state index contributed by atoms with van der Waals surface area (Å²) in [6.45, 7) is 3.89. The van der Waals surface area contributed by atoms with Crippen molar-refractivity contribution in [2.24, 2.45) is 0 Å². The van der Waals surface area contributed by atoms with Gasteiger partial charge in [-0.15, -0.1) is 0 Å². The van der Waals surface area contributed by atoms with Gasteiger partial charge in [0.15, 0.2) is 5.78 Å². The molecule has 5 aromatic rings. The molecule has 4 heterocycles. The topological polar surface area (TPSA) is 99.3 Å². The number of hydrogen-bond acceptors (Lipinski definition) is 6. The highest BCUT2D eigenvalue weighted by molar-refractivity contribution is 6.21. The molecule has 2 aromatic carbocycles. The maximum atomic E-state index is 13.8. The summed E-state index contributed by atoms with van der Waals surface area (Å²) < 4.78 is 8.58. The first-order valence-electron chi connectivity index (χ1n) is 12.9. The first-order valence-corrected chi connectivity index (χ1v) is 12.9. The van der Waals surface area contributed by atoms with Crippen LogP contribution in [0.1, 0.15) is 50.5 Å². The largest absolute Gasteiger partial charge is 0.465 e. The summed E-state index contributed by atoms with van der Waals surface area (Å²) in [6, 6.07) is 14.2. The molecule has 1 amide bonds. The van der Waals surface area contributed by atoms with Crippen molar-refractivity contribution in [3.05, 3.63) is 95.2 Å². The Hall–Kier alpha value is -4.79. The number of rotatable bonds is 5. The third-order valence-corrected chi connectivity index (χ3v) is 7.36. The average Bonchev–Trinajstić information content (AvgIpc) is 3.71. The second-order valence-electron chi connectivity index (χ2n) is 9.72. The standard InChI is InChI=1S/C30H27N5O4/c1-19-32-24-16-31-13-12-25(24)34(19)17-20-8-10-21(11-9-20)28(36)23-18-35(30(38)33-14-3-4-15-33)26-7-5-6-22(27(23)26)29(37)39-2/h5-13,16,18H,3-4,14-15,17H2,1-2H3. The summed E-state index contributed by atoms with van der Waals surface area (Å²) >= 11 is 0. The third-order valence-electron chi connectivity index (χ3n) is 7.36. The van der Waals surface area contributed by atoms with Gasteiger partial charge in [0.1, 0.15) is 11.3 Å². The van der Waals surface area contributed by atoms with E-state index >= 15 is 0 Å². The molecule has 0 bridgehead atoms. The van der Waals surface area contributed by atoms with Crippen LogP contribution in [0.2, 0.25) is 0 Å². The van der Waals surface area contributed by atoms with E-state index in [9.17, 15) is 14.4 Å². The Kier molecular flexibility index (Phi) is 6.18. The lowest BCUT2D eigenvalue weighted by Gasteiger charge is -2.16. The van der Waals surface area contributed by atoms with E-state index in [1.54, 1.807) is 53.8 Å². The van der Waals surface area contributed by atoms with E-state index in [1.165, 1.54) is 11.7 Å². The fraction of sp³-hybridized carbons (Fsp3) is 0.233. The van der Waals surface area contributed by atoms with Crippen molar-refractivity contribution >= 4 is 39.7 Å². The third kappa shape index (κ3) is 4.25. The monoisotopic (exact) mass is 521 g/mol. The number of ketones is 1. The van der Waals surface area contributed by atoms with Crippen molar-refractivity contribution in [2.75, 3.05) is 20.2 Å². The molecule has 1 saturated heterocycles. The Morgan fingerprint density at radius 2 is 1.72 bits per heavy atom. The molecule has 3 aromatic heterocycles. The fourth-order valence-corrected chi connectivity index (χ4v) is 5.36. The average molecular weight is 522 g/mol.